The minimum Gasteiger partial charge on any atom is -0.381 e. The first-order chi connectivity index (χ1) is 17.5. The minimum atomic E-state index is -3.02. The van der Waals surface area contributed by atoms with Crippen molar-refractivity contribution < 1.29 is 26.7 Å². The monoisotopic (exact) mass is 524 g/mol. The topological polar surface area (TPSA) is 66.4 Å². The SMILES string of the molecule is CC(NC(=O)c1cn(C2(C(F)F)CC2)c(=O)cc1N[C@@H]1C[C@@H]2C[C@H]1CN2C)c1cccc(C(F)F)c1F. The maximum Gasteiger partial charge on any atom is 0.266 e. The van der Waals surface area contributed by atoms with Crippen LogP contribution in [0, 0.1) is 11.7 Å². The molecule has 0 spiro atoms. The van der Waals surface area contributed by atoms with Gasteiger partial charge in [-0.3, -0.25) is 9.59 Å². The van der Waals surface area contributed by atoms with Crippen LogP contribution in [0.1, 0.15) is 66.6 Å². The van der Waals surface area contributed by atoms with Crippen LogP contribution in [-0.4, -0.2) is 47.5 Å². The molecule has 11 heteroatoms. The summed E-state index contributed by atoms with van der Waals surface area (Å²) in [6, 6.07) is 4.12. The van der Waals surface area contributed by atoms with E-state index in [2.05, 4.69) is 15.5 Å². The molecule has 0 radical (unpaired) electrons. The lowest BCUT2D eigenvalue weighted by molar-refractivity contribution is 0.0648. The fraction of sp³-hybridized carbons (Fsp3) is 0.538. The molecule has 2 aromatic rings. The van der Waals surface area contributed by atoms with Crippen LogP contribution in [0.25, 0.3) is 0 Å². The molecule has 1 amide bonds. The molecule has 1 unspecified atom stereocenters. The Kier molecular flexibility index (Phi) is 6.54. The zero-order valence-corrected chi connectivity index (χ0v) is 20.5. The van der Waals surface area contributed by atoms with Crippen molar-refractivity contribution in [1.29, 1.82) is 0 Å². The number of hydrogen-bond donors (Lipinski definition) is 2. The third kappa shape index (κ3) is 4.51. The molecule has 1 aliphatic heterocycles. The predicted octanol–water partition coefficient (Wildman–Crippen LogP) is 4.67. The third-order valence-corrected chi connectivity index (χ3v) is 8.21. The van der Waals surface area contributed by atoms with Crippen molar-refractivity contribution in [2.45, 2.75) is 69.1 Å². The Balaban J connectivity index is 1.47. The van der Waals surface area contributed by atoms with E-state index in [-0.39, 0.29) is 35.7 Å². The van der Waals surface area contributed by atoms with Gasteiger partial charge in [-0.1, -0.05) is 18.2 Å². The smallest absolute Gasteiger partial charge is 0.266 e. The second-order valence-electron chi connectivity index (χ2n) is 10.5. The summed E-state index contributed by atoms with van der Waals surface area (Å²) in [6.07, 6.45) is -2.64. The predicted molar refractivity (Wildman–Crippen MR) is 128 cm³/mol. The summed E-state index contributed by atoms with van der Waals surface area (Å²) in [7, 11) is 2.05. The Hall–Kier alpha value is -2.95. The first-order valence-corrected chi connectivity index (χ1v) is 12.4. The van der Waals surface area contributed by atoms with Crippen LogP contribution in [0.2, 0.25) is 0 Å². The third-order valence-electron chi connectivity index (χ3n) is 8.21. The van der Waals surface area contributed by atoms with Gasteiger partial charge in [0.25, 0.3) is 24.3 Å². The number of nitrogens with one attached hydrogen (secondary N) is 2. The summed E-state index contributed by atoms with van der Waals surface area (Å²) in [4.78, 5) is 28.6. The average molecular weight is 525 g/mol. The summed E-state index contributed by atoms with van der Waals surface area (Å²) in [5, 5.41) is 5.90. The average Bonchev–Trinajstić information content (AvgIpc) is 3.44. The zero-order chi connectivity index (χ0) is 26.6. The van der Waals surface area contributed by atoms with Crippen molar-refractivity contribution in [3.63, 3.8) is 0 Å². The molecule has 37 heavy (non-hydrogen) atoms. The number of anilines is 1. The Morgan fingerprint density at radius 3 is 2.41 bits per heavy atom. The second-order valence-corrected chi connectivity index (χ2v) is 10.5. The van der Waals surface area contributed by atoms with E-state index in [9.17, 15) is 31.5 Å². The van der Waals surface area contributed by atoms with Crippen LogP contribution in [-0.2, 0) is 5.54 Å². The number of amides is 1. The van der Waals surface area contributed by atoms with E-state index < -0.39 is 47.3 Å². The van der Waals surface area contributed by atoms with Gasteiger partial charge in [-0.05, 0) is 45.6 Å². The van der Waals surface area contributed by atoms with E-state index in [1.165, 1.54) is 25.1 Å². The second kappa shape index (κ2) is 9.41. The molecule has 2 heterocycles. The van der Waals surface area contributed by atoms with Gasteiger partial charge in [0, 0.05) is 36.5 Å². The molecule has 3 fully saturated rings. The van der Waals surface area contributed by atoms with Crippen LogP contribution in [0.4, 0.5) is 27.6 Å². The molecule has 2 saturated carbocycles. The number of pyridine rings is 1. The lowest BCUT2D eigenvalue weighted by atomic mass is 10.0. The molecule has 1 saturated heterocycles. The highest BCUT2D eigenvalue weighted by atomic mass is 19.3. The molecule has 2 aliphatic carbocycles. The van der Waals surface area contributed by atoms with Crippen LogP contribution in [0.3, 0.4) is 0 Å². The highest BCUT2D eigenvalue weighted by molar-refractivity contribution is 5.99. The molecular formula is C26H29F5N4O2. The van der Waals surface area contributed by atoms with Gasteiger partial charge in [-0.2, -0.15) is 0 Å². The van der Waals surface area contributed by atoms with Crippen LogP contribution in [0.5, 0.6) is 0 Å². The van der Waals surface area contributed by atoms with E-state index >= 15 is 0 Å². The molecule has 6 nitrogen and oxygen atoms in total. The number of carbonyl (C=O) groups is 1. The Morgan fingerprint density at radius 2 is 1.84 bits per heavy atom. The molecule has 1 aromatic heterocycles. The quantitative estimate of drug-likeness (QED) is 0.493. The summed E-state index contributed by atoms with van der Waals surface area (Å²) >= 11 is 0. The Bertz CT molecular complexity index is 1260. The van der Waals surface area contributed by atoms with E-state index in [1.54, 1.807) is 0 Å². The van der Waals surface area contributed by atoms with Gasteiger partial charge in [-0.15, -0.1) is 0 Å². The van der Waals surface area contributed by atoms with E-state index in [1.807, 2.05) is 7.05 Å². The van der Waals surface area contributed by atoms with Crippen LogP contribution >= 0.6 is 0 Å². The molecule has 200 valence electrons. The van der Waals surface area contributed by atoms with Gasteiger partial charge in [-0.25, -0.2) is 22.0 Å². The van der Waals surface area contributed by atoms with Crippen molar-refractivity contribution in [2.24, 2.45) is 5.92 Å². The minimum absolute atomic E-state index is 0.00516. The van der Waals surface area contributed by atoms with E-state index in [0.717, 1.165) is 36.2 Å². The maximum atomic E-state index is 14.7. The Morgan fingerprint density at radius 1 is 1.14 bits per heavy atom. The lowest BCUT2D eigenvalue weighted by Crippen LogP contribution is -2.40. The van der Waals surface area contributed by atoms with Gasteiger partial charge in [0.15, 0.2) is 0 Å². The number of halogens is 5. The maximum absolute atomic E-state index is 14.7. The summed E-state index contributed by atoms with van der Waals surface area (Å²) in [6.45, 7) is 2.31. The Labute approximate surface area is 210 Å². The standard InChI is InChI=1S/C26H29F5N4O2/c1-13(16-4-3-5-17(22(16)27)23(28)29)32-24(37)18-12-35(26(6-7-26)25(30)31)21(36)10-20(18)33-19-9-15-8-14(19)11-34(15)2/h3-5,10,12-15,19,23,25,33H,6-9,11H2,1-2H3,(H,32,37)/t13?,14-,15-,19+/m0/s1. The van der Waals surface area contributed by atoms with Gasteiger partial charge < -0.3 is 20.1 Å². The number of carbonyl (C=O) groups excluding carboxylic acids is 1. The number of fused-ring (bicyclic) bond motifs is 2. The number of likely N-dealkylation sites (tertiary alicyclic amines) is 1. The van der Waals surface area contributed by atoms with Crippen molar-refractivity contribution in [2.75, 3.05) is 18.9 Å². The van der Waals surface area contributed by atoms with E-state index in [4.69, 9.17) is 0 Å². The lowest BCUT2D eigenvalue weighted by Gasteiger charge is -2.30. The summed E-state index contributed by atoms with van der Waals surface area (Å²) in [5.74, 6) is -1.53. The van der Waals surface area contributed by atoms with Crippen molar-refractivity contribution >= 4 is 11.6 Å². The molecule has 4 atom stereocenters. The normalized spacial score (nSPS) is 25.1. The van der Waals surface area contributed by atoms with E-state index in [0.29, 0.717) is 12.0 Å². The van der Waals surface area contributed by atoms with Crippen LogP contribution < -0.4 is 16.2 Å². The number of alkyl halides is 4. The highest BCUT2D eigenvalue weighted by Crippen LogP contribution is 2.48. The molecule has 2 N–H and O–H groups in total. The van der Waals surface area contributed by atoms with Gasteiger partial charge in [0.2, 0.25) is 0 Å². The highest BCUT2D eigenvalue weighted by Gasteiger charge is 2.54. The number of hydrogen-bond acceptors (Lipinski definition) is 4. The number of piperidine rings is 1. The first-order valence-electron chi connectivity index (χ1n) is 12.4. The zero-order valence-electron chi connectivity index (χ0n) is 20.5. The molecule has 2 bridgehead atoms. The summed E-state index contributed by atoms with van der Waals surface area (Å²) in [5.41, 5.74) is -3.00. The van der Waals surface area contributed by atoms with Gasteiger partial charge >= 0.3 is 0 Å². The summed E-state index contributed by atoms with van der Waals surface area (Å²) < 4.78 is 69.6. The molecule has 1 aromatic carbocycles. The van der Waals surface area contributed by atoms with Gasteiger partial charge in [0.1, 0.15) is 11.4 Å². The fourth-order valence-electron chi connectivity index (χ4n) is 5.85. The van der Waals surface area contributed by atoms with Crippen molar-refractivity contribution in [3.05, 3.63) is 63.3 Å². The van der Waals surface area contributed by atoms with Crippen molar-refractivity contribution in [3.8, 4) is 0 Å². The first kappa shape index (κ1) is 25.7. The number of aromatic nitrogens is 1. The molecular weight excluding hydrogens is 495 g/mol. The van der Waals surface area contributed by atoms with Crippen LogP contribution in [0.15, 0.2) is 35.3 Å². The van der Waals surface area contributed by atoms with Crippen molar-refractivity contribution in [1.82, 2.24) is 14.8 Å². The number of nitrogens with zero attached hydrogens (tertiary/aromatic N) is 2. The molecule has 3 aliphatic rings. The largest absolute Gasteiger partial charge is 0.381 e. The molecule has 5 rings (SSSR count). The van der Waals surface area contributed by atoms with Gasteiger partial charge in [0.05, 0.1) is 22.9 Å². The number of rotatable bonds is 8. The fourth-order valence-corrected chi connectivity index (χ4v) is 5.85. The number of benzene rings is 1.